The second-order valence-corrected chi connectivity index (χ2v) is 6.24. The van der Waals surface area contributed by atoms with Crippen LogP contribution in [-0.2, 0) is 6.54 Å². The monoisotopic (exact) mass is 335 g/mol. The summed E-state index contributed by atoms with van der Waals surface area (Å²) in [6.45, 7) is 0.289. The smallest absolute Gasteiger partial charge is 0.261 e. The summed E-state index contributed by atoms with van der Waals surface area (Å²) in [6, 6.07) is 13.5. The van der Waals surface area contributed by atoms with Gasteiger partial charge < -0.3 is 9.73 Å². The largest absolute Gasteiger partial charge is 0.463 e. The van der Waals surface area contributed by atoms with E-state index in [0.29, 0.717) is 22.0 Å². The van der Waals surface area contributed by atoms with Crippen LogP contribution < -0.4 is 5.32 Å². The third kappa shape index (κ3) is 2.79. The molecule has 5 nitrogen and oxygen atoms in total. The number of carbonyl (C=O) groups is 1. The lowest BCUT2D eigenvalue weighted by atomic mass is 10.2. The quantitative estimate of drug-likeness (QED) is 0.614. The summed E-state index contributed by atoms with van der Waals surface area (Å²) in [6.07, 6.45) is 4.80. The maximum atomic E-state index is 12.4. The number of nitrogens with one attached hydrogen (secondary N) is 1. The Morgan fingerprint density at radius 1 is 1.12 bits per heavy atom. The van der Waals surface area contributed by atoms with Crippen molar-refractivity contribution < 1.29 is 9.21 Å². The Hall–Kier alpha value is -2.99. The molecule has 6 heteroatoms. The molecule has 0 aliphatic rings. The average molecular weight is 335 g/mol. The zero-order valence-electron chi connectivity index (χ0n) is 12.6. The van der Waals surface area contributed by atoms with E-state index in [1.165, 1.54) is 11.3 Å². The number of rotatable bonds is 4. The molecule has 3 aromatic heterocycles. The number of benzene rings is 1. The van der Waals surface area contributed by atoms with Gasteiger partial charge in [0.25, 0.3) is 5.91 Å². The molecule has 1 N–H and O–H groups in total. The molecule has 0 atom stereocenters. The molecule has 1 amide bonds. The van der Waals surface area contributed by atoms with Gasteiger partial charge in [-0.1, -0.05) is 18.2 Å². The second-order valence-electron chi connectivity index (χ2n) is 5.16. The normalized spacial score (nSPS) is 10.8. The number of hydrogen-bond acceptors (Lipinski definition) is 5. The minimum absolute atomic E-state index is 0.118. The van der Waals surface area contributed by atoms with Gasteiger partial charge in [0.1, 0.15) is 5.69 Å². The highest BCUT2D eigenvalue weighted by atomic mass is 32.1. The van der Waals surface area contributed by atoms with E-state index in [1.54, 1.807) is 24.7 Å². The van der Waals surface area contributed by atoms with Crippen LogP contribution in [0.25, 0.3) is 21.5 Å². The van der Waals surface area contributed by atoms with Crippen molar-refractivity contribution in [3.8, 4) is 11.5 Å². The van der Waals surface area contributed by atoms with Crippen molar-refractivity contribution in [1.82, 2.24) is 15.3 Å². The predicted octanol–water partition coefficient (Wildman–Crippen LogP) is 3.88. The molecule has 0 bridgehead atoms. The summed E-state index contributed by atoms with van der Waals surface area (Å²) in [4.78, 5) is 21.7. The summed E-state index contributed by atoms with van der Waals surface area (Å²) in [5.74, 6) is 0.515. The van der Waals surface area contributed by atoms with E-state index in [-0.39, 0.29) is 12.5 Å². The Balaban J connectivity index is 1.54. The van der Waals surface area contributed by atoms with Gasteiger partial charge >= 0.3 is 0 Å². The van der Waals surface area contributed by atoms with Gasteiger partial charge in [0.15, 0.2) is 5.76 Å². The summed E-state index contributed by atoms with van der Waals surface area (Å²) >= 11 is 1.48. The molecule has 0 aliphatic carbocycles. The highest BCUT2D eigenvalue weighted by Crippen LogP contribution is 2.25. The fourth-order valence-electron chi connectivity index (χ4n) is 2.46. The van der Waals surface area contributed by atoms with Crippen molar-refractivity contribution >= 4 is 27.3 Å². The minimum atomic E-state index is -0.118. The van der Waals surface area contributed by atoms with Crippen LogP contribution in [0, 0.1) is 0 Å². The molecular formula is C18H13N3O2S. The van der Waals surface area contributed by atoms with Crippen molar-refractivity contribution in [2.45, 2.75) is 6.54 Å². The zero-order chi connectivity index (χ0) is 16.4. The lowest BCUT2D eigenvalue weighted by Gasteiger charge is -2.06. The maximum Gasteiger partial charge on any atom is 0.261 e. The molecule has 118 valence electrons. The topological polar surface area (TPSA) is 68.0 Å². The van der Waals surface area contributed by atoms with Crippen LogP contribution in [0.3, 0.4) is 0 Å². The van der Waals surface area contributed by atoms with Crippen molar-refractivity contribution in [3.63, 3.8) is 0 Å². The van der Waals surface area contributed by atoms with Crippen LogP contribution in [0.4, 0.5) is 0 Å². The molecule has 3 heterocycles. The molecule has 0 aliphatic heterocycles. The van der Waals surface area contributed by atoms with Gasteiger partial charge in [0.2, 0.25) is 0 Å². The van der Waals surface area contributed by atoms with Gasteiger partial charge in [-0.3, -0.25) is 9.78 Å². The Bertz CT molecular complexity index is 959. The highest BCUT2D eigenvalue weighted by Gasteiger charge is 2.14. The molecule has 4 rings (SSSR count). The molecule has 0 saturated carbocycles. The first-order valence-electron chi connectivity index (χ1n) is 7.42. The van der Waals surface area contributed by atoms with E-state index in [9.17, 15) is 4.79 Å². The van der Waals surface area contributed by atoms with Crippen molar-refractivity contribution in [1.29, 1.82) is 0 Å². The van der Waals surface area contributed by atoms with Gasteiger partial charge in [-0.05, 0) is 29.7 Å². The van der Waals surface area contributed by atoms with Gasteiger partial charge in [0, 0.05) is 17.1 Å². The third-order valence-corrected chi connectivity index (χ3v) is 4.71. The molecule has 0 fully saturated rings. The first-order valence-corrected chi connectivity index (χ1v) is 8.23. The summed E-state index contributed by atoms with van der Waals surface area (Å²) in [5.41, 5.74) is 1.31. The number of aromatic nitrogens is 2. The van der Waals surface area contributed by atoms with Gasteiger partial charge in [-0.15, -0.1) is 11.3 Å². The van der Waals surface area contributed by atoms with Crippen LogP contribution in [0.1, 0.15) is 15.4 Å². The van der Waals surface area contributed by atoms with Crippen molar-refractivity contribution in [2.75, 3.05) is 0 Å². The predicted molar refractivity (Wildman–Crippen MR) is 92.7 cm³/mol. The van der Waals surface area contributed by atoms with E-state index in [0.717, 1.165) is 10.1 Å². The fraction of sp³-hybridized carbons (Fsp3) is 0.0556. The standard InChI is InChI=1S/C18H13N3O2S/c22-18(16-10-12-4-1-2-6-15(12)24-16)21-11-13-17(20-8-7-19-13)14-5-3-9-23-14/h1-10H,11H2,(H,21,22). The van der Waals surface area contributed by atoms with E-state index in [1.807, 2.05) is 36.4 Å². The van der Waals surface area contributed by atoms with E-state index >= 15 is 0 Å². The van der Waals surface area contributed by atoms with Gasteiger partial charge in [0.05, 0.1) is 23.4 Å². The fourth-order valence-corrected chi connectivity index (χ4v) is 3.44. The first-order chi connectivity index (χ1) is 11.8. The van der Waals surface area contributed by atoms with E-state index in [4.69, 9.17) is 4.42 Å². The molecule has 0 spiro atoms. The number of amides is 1. The van der Waals surface area contributed by atoms with E-state index < -0.39 is 0 Å². The lowest BCUT2D eigenvalue weighted by Crippen LogP contribution is -2.23. The number of fused-ring (bicyclic) bond motifs is 1. The molecule has 24 heavy (non-hydrogen) atoms. The number of nitrogens with zero attached hydrogens (tertiary/aromatic N) is 2. The van der Waals surface area contributed by atoms with Gasteiger partial charge in [-0.2, -0.15) is 0 Å². The summed E-state index contributed by atoms with van der Waals surface area (Å²) in [5, 5.41) is 3.98. The average Bonchev–Trinajstić information content (AvgIpc) is 3.29. The van der Waals surface area contributed by atoms with Crippen molar-refractivity contribution in [2.24, 2.45) is 0 Å². The minimum Gasteiger partial charge on any atom is -0.463 e. The Kier molecular flexibility index (Phi) is 3.80. The van der Waals surface area contributed by atoms with Gasteiger partial charge in [-0.25, -0.2) is 4.98 Å². The molecule has 1 aromatic carbocycles. The first kappa shape index (κ1) is 14.6. The zero-order valence-corrected chi connectivity index (χ0v) is 13.4. The van der Waals surface area contributed by atoms with Crippen molar-refractivity contribution in [3.05, 3.63) is 71.7 Å². The number of hydrogen-bond donors (Lipinski definition) is 1. The SMILES string of the molecule is O=C(NCc1nccnc1-c1ccco1)c1cc2ccccc2s1. The van der Waals surface area contributed by atoms with Crippen LogP contribution in [0.5, 0.6) is 0 Å². The maximum absolute atomic E-state index is 12.4. The Labute approximate surface area is 142 Å². The molecule has 0 unspecified atom stereocenters. The number of thiophene rings is 1. The Morgan fingerprint density at radius 2 is 2.00 bits per heavy atom. The van der Waals surface area contributed by atoms with E-state index in [2.05, 4.69) is 15.3 Å². The van der Waals surface area contributed by atoms with Crippen LogP contribution in [0.15, 0.2) is 65.5 Å². The summed E-state index contributed by atoms with van der Waals surface area (Å²) < 4.78 is 6.47. The summed E-state index contributed by atoms with van der Waals surface area (Å²) in [7, 11) is 0. The molecule has 0 saturated heterocycles. The molecule has 4 aromatic rings. The number of carbonyl (C=O) groups excluding carboxylic acids is 1. The lowest BCUT2D eigenvalue weighted by molar-refractivity contribution is 0.0954. The Morgan fingerprint density at radius 3 is 2.83 bits per heavy atom. The third-order valence-electron chi connectivity index (χ3n) is 3.59. The number of furan rings is 1. The van der Waals surface area contributed by atoms with Crippen LogP contribution in [0.2, 0.25) is 0 Å². The van der Waals surface area contributed by atoms with Crippen LogP contribution in [-0.4, -0.2) is 15.9 Å². The second kappa shape index (κ2) is 6.25. The highest BCUT2D eigenvalue weighted by molar-refractivity contribution is 7.20. The molecule has 0 radical (unpaired) electrons. The van der Waals surface area contributed by atoms with Crippen LogP contribution >= 0.6 is 11.3 Å². The molecular weight excluding hydrogens is 322 g/mol.